The van der Waals surface area contributed by atoms with Gasteiger partial charge in [0.25, 0.3) is 0 Å². The summed E-state index contributed by atoms with van der Waals surface area (Å²) in [4.78, 5) is 14.7. The number of halogens is 2. The molecule has 8 heteroatoms. The summed E-state index contributed by atoms with van der Waals surface area (Å²) in [5.41, 5.74) is 3.32. The molecule has 0 atom stereocenters. The third-order valence-corrected chi connectivity index (χ3v) is 5.36. The summed E-state index contributed by atoms with van der Waals surface area (Å²) in [5.74, 6) is -0.529. The maximum Gasteiger partial charge on any atom is 0.181 e. The molecular formula is C23H20F2N4O2. The highest BCUT2D eigenvalue weighted by molar-refractivity contribution is 5.73. The van der Waals surface area contributed by atoms with Gasteiger partial charge >= 0.3 is 0 Å². The van der Waals surface area contributed by atoms with Crippen LogP contribution in [0, 0.1) is 11.6 Å². The Hall–Kier alpha value is -3.55. The van der Waals surface area contributed by atoms with E-state index < -0.39 is 11.6 Å². The lowest BCUT2D eigenvalue weighted by atomic mass is 10.1. The van der Waals surface area contributed by atoms with Crippen LogP contribution in [0.3, 0.4) is 0 Å². The first-order valence-corrected chi connectivity index (χ1v) is 10.1. The fourth-order valence-electron chi connectivity index (χ4n) is 3.86. The van der Waals surface area contributed by atoms with Crippen LogP contribution in [0.25, 0.3) is 22.4 Å². The number of nitrogens with zero attached hydrogens (tertiary/aromatic N) is 4. The molecule has 2 aromatic heterocycles. The molecule has 0 N–H and O–H groups in total. The second-order valence-corrected chi connectivity index (χ2v) is 7.76. The summed E-state index contributed by atoms with van der Waals surface area (Å²) in [6.07, 6.45) is 2.88. The van der Waals surface area contributed by atoms with Crippen LogP contribution in [0.5, 0.6) is 5.75 Å². The first kappa shape index (κ1) is 19.4. The van der Waals surface area contributed by atoms with Gasteiger partial charge in [-0.05, 0) is 43.7 Å². The Morgan fingerprint density at radius 2 is 1.97 bits per heavy atom. The van der Waals surface area contributed by atoms with Gasteiger partial charge in [-0.25, -0.2) is 23.7 Å². The molecule has 31 heavy (non-hydrogen) atoms. The lowest BCUT2D eigenvalue weighted by Crippen LogP contribution is -2.38. The molecule has 0 unspecified atom stereocenters. The average Bonchev–Trinajstić information content (AvgIpc) is 3.22. The largest absolute Gasteiger partial charge is 0.486 e. The number of fused-ring (bicyclic) bond motifs is 2. The summed E-state index contributed by atoms with van der Waals surface area (Å²) < 4.78 is 40.3. The predicted octanol–water partition coefficient (Wildman–Crippen LogP) is 4.76. The van der Waals surface area contributed by atoms with E-state index in [1.54, 1.807) is 6.07 Å². The fourth-order valence-corrected chi connectivity index (χ4v) is 3.86. The van der Waals surface area contributed by atoms with Crippen molar-refractivity contribution < 1.29 is 17.9 Å². The Morgan fingerprint density at radius 3 is 2.81 bits per heavy atom. The van der Waals surface area contributed by atoms with Crippen molar-refractivity contribution in [3.05, 3.63) is 65.9 Å². The van der Waals surface area contributed by atoms with Crippen LogP contribution >= 0.6 is 0 Å². The van der Waals surface area contributed by atoms with Crippen LogP contribution < -0.4 is 9.64 Å². The first-order valence-electron chi connectivity index (χ1n) is 10.1. The van der Waals surface area contributed by atoms with E-state index >= 15 is 0 Å². The van der Waals surface area contributed by atoms with Gasteiger partial charge in [0.05, 0.1) is 18.4 Å². The highest BCUT2D eigenvalue weighted by Crippen LogP contribution is 2.39. The standard InChI is InChI=1S/C23H20F2N4O2/c1-13(2)29-5-6-30-23-16(24)9-15(10-19(23)29)22-17(25)11-26-21(28-22)8-14-3-4-18-20(7-14)31-12-27-18/h3-4,7,9-13H,5-6,8H2,1-2H3. The SMILES string of the molecule is CC(C)N1CCOc2c(F)cc(-c3nc(Cc4ccc5ncoc5c4)ncc3F)cc21. The molecule has 0 spiro atoms. The summed E-state index contributed by atoms with van der Waals surface area (Å²) in [6.45, 7) is 5.08. The normalized spacial score (nSPS) is 13.5. The Bertz CT molecular complexity index is 1270. The van der Waals surface area contributed by atoms with Gasteiger partial charge < -0.3 is 14.1 Å². The van der Waals surface area contributed by atoms with Gasteiger partial charge in [0.15, 0.2) is 29.4 Å². The maximum absolute atomic E-state index is 14.8. The minimum absolute atomic E-state index is 0.0572. The molecule has 0 amide bonds. The number of anilines is 1. The van der Waals surface area contributed by atoms with Crippen molar-refractivity contribution in [1.82, 2.24) is 15.0 Å². The van der Waals surface area contributed by atoms with Gasteiger partial charge in [0.1, 0.15) is 23.6 Å². The topological polar surface area (TPSA) is 64.3 Å². The van der Waals surface area contributed by atoms with E-state index in [9.17, 15) is 8.78 Å². The molecule has 3 heterocycles. The van der Waals surface area contributed by atoms with E-state index in [1.807, 2.05) is 36.9 Å². The van der Waals surface area contributed by atoms with E-state index in [1.165, 1.54) is 12.5 Å². The fraction of sp³-hybridized carbons (Fsp3) is 0.261. The van der Waals surface area contributed by atoms with Crippen LogP contribution in [0.2, 0.25) is 0 Å². The maximum atomic E-state index is 14.8. The number of aromatic nitrogens is 3. The number of oxazole rings is 1. The van der Waals surface area contributed by atoms with E-state index in [4.69, 9.17) is 9.15 Å². The van der Waals surface area contributed by atoms with E-state index in [2.05, 4.69) is 15.0 Å². The molecule has 2 aromatic carbocycles. The van der Waals surface area contributed by atoms with Crippen LogP contribution in [0.15, 0.2) is 47.3 Å². The van der Waals surface area contributed by atoms with E-state index in [0.717, 1.165) is 17.3 Å². The molecule has 1 aliphatic heterocycles. The molecule has 4 aromatic rings. The summed E-state index contributed by atoms with van der Waals surface area (Å²) in [7, 11) is 0. The number of rotatable bonds is 4. The third kappa shape index (κ3) is 3.58. The molecule has 0 saturated heterocycles. The first-order chi connectivity index (χ1) is 15.0. The van der Waals surface area contributed by atoms with Crippen molar-refractivity contribution in [2.75, 3.05) is 18.1 Å². The number of ether oxygens (including phenoxy) is 1. The molecule has 1 aliphatic rings. The second-order valence-electron chi connectivity index (χ2n) is 7.76. The van der Waals surface area contributed by atoms with Crippen LogP contribution in [0.4, 0.5) is 14.5 Å². The van der Waals surface area contributed by atoms with Crippen molar-refractivity contribution in [2.45, 2.75) is 26.3 Å². The zero-order valence-corrected chi connectivity index (χ0v) is 17.1. The summed E-state index contributed by atoms with van der Waals surface area (Å²) >= 11 is 0. The van der Waals surface area contributed by atoms with Gasteiger partial charge in [-0.3, -0.25) is 0 Å². The quantitative estimate of drug-likeness (QED) is 0.473. The lowest BCUT2D eigenvalue weighted by molar-refractivity contribution is 0.287. The number of hydrogen-bond acceptors (Lipinski definition) is 6. The second kappa shape index (κ2) is 7.61. The minimum Gasteiger partial charge on any atom is -0.486 e. The molecule has 0 saturated carbocycles. The van der Waals surface area contributed by atoms with E-state index in [-0.39, 0.29) is 17.5 Å². The van der Waals surface area contributed by atoms with E-state index in [0.29, 0.717) is 42.2 Å². The van der Waals surface area contributed by atoms with Crippen molar-refractivity contribution in [1.29, 1.82) is 0 Å². The molecule has 0 aliphatic carbocycles. The number of hydrogen-bond donors (Lipinski definition) is 0. The zero-order valence-electron chi connectivity index (χ0n) is 17.1. The van der Waals surface area contributed by atoms with Crippen molar-refractivity contribution in [3.63, 3.8) is 0 Å². The van der Waals surface area contributed by atoms with Gasteiger partial charge in [-0.15, -0.1) is 0 Å². The average molecular weight is 422 g/mol. The Kier molecular flexibility index (Phi) is 4.77. The lowest BCUT2D eigenvalue weighted by Gasteiger charge is -2.34. The van der Waals surface area contributed by atoms with Gasteiger partial charge in [-0.1, -0.05) is 6.07 Å². The minimum atomic E-state index is -0.610. The Balaban J connectivity index is 1.53. The van der Waals surface area contributed by atoms with Crippen molar-refractivity contribution in [3.8, 4) is 17.0 Å². The van der Waals surface area contributed by atoms with Crippen molar-refractivity contribution in [2.24, 2.45) is 0 Å². The zero-order chi connectivity index (χ0) is 21.5. The van der Waals surface area contributed by atoms with Crippen molar-refractivity contribution >= 4 is 16.8 Å². The molecule has 0 radical (unpaired) electrons. The summed E-state index contributed by atoms with van der Waals surface area (Å²) in [5, 5.41) is 0. The highest BCUT2D eigenvalue weighted by atomic mass is 19.1. The Morgan fingerprint density at radius 1 is 1.10 bits per heavy atom. The molecule has 0 bridgehead atoms. The van der Waals surface area contributed by atoms with Gasteiger partial charge in [0, 0.05) is 18.0 Å². The summed E-state index contributed by atoms with van der Waals surface area (Å²) in [6, 6.07) is 8.73. The van der Waals surface area contributed by atoms with Crippen LogP contribution in [0.1, 0.15) is 25.2 Å². The van der Waals surface area contributed by atoms with Crippen LogP contribution in [-0.2, 0) is 6.42 Å². The number of benzene rings is 2. The molecule has 158 valence electrons. The molecule has 5 rings (SSSR count). The molecular weight excluding hydrogens is 402 g/mol. The Labute approximate surface area is 177 Å². The van der Waals surface area contributed by atoms with Crippen LogP contribution in [-0.4, -0.2) is 34.1 Å². The predicted molar refractivity (Wildman–Crippen MR) is 112 cm³/mol. The smallest absolute Gasteiger partial charge is 0.181 e. The monoisotopic (exact) mass is 422 g/mol. The third-order valence-electron chi connectivity index (χ3n) is 5.36. The molecule has 0 fully saturated rings. The highest BCUT2D eigenvalue weighted by Gasteiger charge is 2.25. The van der Waals surface area contributed by atoms with Gasteiger partial charge in [-0.2, -0.15) is 0 Å². The molecule has 6 nitrogen and oxygen atoms in total. The van der Waals surface area contributed by atoms with Gasteiger partial charge in [0.2, 0.25) is 0 Å².